The smallest absolute Gasteiger partial charge is 0.200 e. The van der Waals surface area contributed by atoms with E-state index in [9.17, 15) is 14.6 Å². The molecule has 0 spiro atoms. The number of aliphatic hydroxyl groups is 2. The van der Waals surface area contributed by atoms with Crippen molar-refractivity contribution < 1.29 is 19.3 Å². The monoisotopic (exact) mass is 249 g/mol. The van der Waals surface area contributed by atoms with Gasteiger partial charge in [-0.3, -0.25) is 0 Å². The highest BCUT2D eigenvalue weighted by molar-refractivity contribution is 6.30. The van der Waals surface area contributed by atoms with Crippen molar-refractivity contribution in [2.75, 3.05) is 11.9 Å². The summed E-state index contributed by atoms with van der Waals surface area (Å²) in [4.78, 5) is 0. The molecule has 1 rings (SSSR count). The Morgan fingerprint density at radius 3 is 2.75 bits per heavy atom. The second kappa shape index (κ2) is 6.00. The predicted molar refractivity (Wildman–Crippen MR) is 58.7 cm³/mol. The van der Waals surface area contributed by atoms with Crippen LogP contribution in [0.15, 0.2) is 18.2 Å². The van der Waals surface area contributed by atoms with Gasteiger partial charge in [0.15, 0.2) is 12.5 Å². The molecule has 0 saturated heterocycles. The topological polar surface area (TPSA) is 61.7 Å². The Hall–Kier alpha value is -0.880. The second-order valence-corrected chi connectivity index (χ2v) is 3.47. The molecular formula is C10H13ClFNO3. The molecule has 0 saturated carbocycles. The van der Waals surface area contributed by atoms with Crippen molar-refractivity contribution in [2.45, 2.75) is 19.4 Å². The van der Waals surface area contributed by atoms with Crippen molar-refractivity contribution in [3.8, 4) is 0 Å². The zero-order valence-electron chi connectivity index (χ0n) is 8.65. The van der Waals surface area contributed by atoms with E-state index in [1.54, 1.807) is 6.92 Å². The number of halogens is 2. The van der Waals surface area contributed by atoms with Gasteiger partial charge in [-0.2, -0.15) is 0 Å². The van der Waals surface area contributed by atoms with Crippen LogP contribution in [0.1, 0.15) is 6.92 Å². The first-order chi connectivity index (χ1) is 7.54. The second-order valence-electron chi connectivity index (χ2n) is 3.06. The molecule has 16 heavy (non-hydrogen) atoms. The third-order valence-corrected chi connectivity index (χ3v) is 2.15. The molecule has 0 aliphatic heterocycles. The summed E-state index contributed by atoms with van der Waals surface area (Å²) in [5, 5.41) is 21.1. The summed E-state index contributed by atoms with van der Waals surface area (Å²) in [5.41, 5.74) is 0.299. The third-order valence-electron chi connectivity index (χ3n) is 1.84. The van der Waals surface area contributed by atoms with Gasteiger partial charge in [0.25, 0.3) is 0 Å². The highest BCUT2D eigenvalue weighted by atomic mass is 35.5. The van der Waals surface area contributed by atoms with Gasteiger partial charge in [0.05, 0.1) is 5.02 Å². The van der Waals surface area contributed by atoms with E-state index < -0.39 is 18.3 Å². The lowest BCUT2D eigenvalue weighted by atomic mass is 10.3. The minimum atomic E-state index is -1.37. The van der Waals surface area contributed by atoms with Crippen LogP contribution in [0, 0.1) is 5.82 Å². The van der Waals surface area contributed by atoms with Gasteiger partial charge in [0, 0.05) is 12.3 Å². The van der Waals surface area contributed by atoms with E-state index >= 15 is 0 Å². The molecule has 0 amide bonds. The summed E-state index contributed by atoms with van der Waals surface area (Å²) in [6.07, 6.45) is -2.70. The van der Waals surface area contributed by atoms with Crippen molar-refractivity contribution in [3.63, 3.8) is 0 Å². The lowest BCUT2D eigenvalue weighted by Crippen LogP contribution is -2.35. The normalized spacial score (nSPS) is 14.6. The van der Waals surface area contributed by atoms with E-state index in [1.807, 2.05) is 0 Å². The van der Waals surface area contributed by atoms with Crippen LogP contribution in [0.4, 0.5) is 10.1 Å². The van der Waals surface area contributed by atoms with Crippen molar-refractivity contribution in [3.05, 3.63) is 29.0 Å². The molecule has 2 atom stereocenters. The Morgan fingerprint density at radius 1 is 1.50 bits per heavy atom. The van der Waals surface area contributed by atoms with Crippen LogP contribution in [-0.4, -0.2) is 29.3 Å². The lowest BCUT2D eigenvalue weighted by Gasteiger charge is -2.19. The Balaban J connectivity index is 2.62. The molecular weight excluding hydrogens is 237 g/mol. The molecule has 0 fully saturated rings. The number of rotatable bonds is 5. The SMILES string of the molecule is CCOC(O)C(O)Nc1ccc(Cl)c(F)c1. The molecule has 0 aliphatic rings. The van der Waals surface area contributed by atoms with Crippen molar-refractivity contribution in [2.24, 2.45) is 0 Å². The molecule has 0 aliphatic carbocycles. The minimum absolute atomic E-state index is 0.00889. The third kappa shape index (κ3) is 3.61. The van der Waals surface area contributed by atoms with Gasteiger partial charge in [0.2, 0.25) is 0 Å². The highest BCUT2D eigenvalue weighted by Crippen LogP contribution is 2.19. The molecule has 0 radical (unpaired) electrons. The Labute approximate surface area is 97.6 Å². The van der Waals surface area contributed by atoms with Crippen LogP contribution < -0.4 is 5.32 Å². The van der Waals surface area contributed by atoms with Gasteiger partial charge in [-0.05, 0) is 25.1 Å². The van der Waals surface area contributed by atoms with Gasteiger partial charge in [-0.25, -0.2) is 4.39 Å². The maximum Gasteiger partial charge on any atom is 0.200 e. The molecule has 0 heterocycles. The number of aliphatic hydroxyl groups excluding tert-OH is 2. The molecule has 0 aromatic heterocycles. The largest absolute Gasteiger partial charge is 0.369 e. The van der Waals surface area contributed by atoms with Crippen LogP contribution in [0.2, 0.25) is 5.02 Å². The van der Waals surface area contributed by atoms with Gasteiger partial charge in [-0.1, -0.05) is 11.6 Å². The highest BCUT2D eigenvalue weighted by Gasteiger charge is 2.16. The summed E-state index contributed by atoms with van der Waals surface area (Å²) in [6, 6.07) is 3.94. The first-order valence-electron chi connectivity index (χ1n) is 4.74. The standard InChI is InChI=1S/C10H13ClFNO3/c1-2-16-10(15)9(14)13-6-3-4-7(11)8(12)5-6/h3-5,9-10,13-15H,2H2,1H3. The summed E-state index contributed by atoms with van der Waals surface area (Å²) in [5.74, 6) is -0.607. The number of hydrogen-bond acceptors (Lipinski definition) is 4. The number of anilines is 1. The van der Waals surface area contributed by atoms with Gasteiger partial charge >= 0.3 is 0 Å². The Kier molecular flexibility index (Phi) is 4.95. The van der Waals surface area contributed by atoms with E-state index in [1.165, 1.54) is 12.1 Å². The van der Waals surface area contributed by atoms with Crippen molar-refractivity contribution in [1.29, 1.82) is 0 Å². The van der Waals surface area contributed by atoms with Gasteiger partial charge in [0.1, 0.15) is 5.82 Å². The van der Waals surface area contributed by atoms with Crippen molar-refractivity contribution >= 4 is 17.3 Å². The maximum absolute atomic E-state index is 13.0. The van der Waals surface area contributed by atoms with E-state index in [-0.39, 0.29) is 11.6 Å². The molecule has 1 aromatic rings. The Bertz CT molecular complexity index is 351. The zero-order valence-corrected chi connectivity index (χ0v) is 9.41. The first kappa shape index (κ1) is 13.2. The fourth-order valence-corrected chi connectivity index (χ4v) is 1.21. The molecule has 2 unspecified atom stereocenters. The summed E-state index contributed by atoms with van der Waals surface area (Å²) in [7, 11) is 0. The number of benzene rings is 1. The van der Waals surface area contributed by atoms with Gasteiger partial charge in [-0.15, -0.1) is 0 Å². The summed E-state index contributed by atoms with van der Waals surface area (Å²) in [6.45, 7) is 1.94. The van der Waals surface area contributed by atoms with Crippen LogP contribution in [-0.2, 0) is 4.74 Å². The fourth-order valence-electron chi connectivity index (χ4n) is 1.09. The number of hydrogen-bond donors (Lipinski definition) is 3. The molecule has 0 bridgehead atoms. The van der Waals surface area contributed by atoms with Crippen molar-refractivity contribution in [1.82, 2.24) is 0 Å². The van der Waals surface area contributed by atoms with E-state index in [4.69, 9.17) is 16.3 Å². The summed E-state index contributed by atoms with van der Waals surface area (Å²) >= 11 is 5.49. The predicted octanol–water partition coefficient (Wildman–Crippen LogP) is 1.56. The molecule has 4 nitrogen and oxygen atoms in total. The summed E-state index contributed by atoms with van der Waals surface area (Å²) < 4.78 is 17.8. The Morgan fingerprint density at radius 2 is 2.19 bits per heavy atom. The van der Waals surface area contributed by atoms with Crippen LogP contribution >= 0.6 is 11.6 Å². The number of nitrogens with one attached hydrogen (secondary N) is 1. The fraction of sp³-hybridized carbons (Fsp3) is 0.400. The average Bonchev–Trinajstić information content (AvgIpc) is 2.24. The van der Waals surface area contributed by atoms with Crippen LogP contribution in [0.5, 0.6) is 0 Å². The lowest BCUT2D eigenvalue weighted by molar-refractivity contribution is -0.149. The molecule has 3 N–H and O–H groups in total. The average molecular weight is 250 g/mol. The minimum Gasteiger partial charge on any atom is -0.369 e. The first-order valence-corrected chi connectivity index (χ1v) is 5.11. The van der Waals surface area contributed by atoms with E-state index in [0.717, 1.165) is 6.07 Å². The van der Waals surface area contributed by atoms with E-state index in [0.29, 0.717) is 5.69 Å². The van der Waals surface area contributed by atoms with Crippen LogP contribution in [0.3, 0.4) is 0 Å². The quantitative estimate of drug-likeness (QED) is 0.693. The van der Waals surface area contributed by atoms with E-state index in [2.05, 4.69) is 5.32 Å². The molecule has 1 aromatic carbocycles. The zero-order chi connectivity index (χ0) is 12.1. The molecule has 6 heteroatoms. The van der Waals surface area contributed by atoms with Crippen LogP contribution in [0.25, 0.3) is 0 Å². The maximum atomic E-state index is 13.0. The van der Waals surface area contributed by atoms with Gasteiger partial charge < -0.3 is 20.3 Å². The number of ether oxygens (including phenoxy) is 1. The molecule has 90 valence electrons.